The van der Waals surface area contributed by atoms with Crippen LogP contribution in [0.5, 0.6) is 0 Å². The summed E-state index contributed by atoms with van der Waals surface area (Å²) >= 11 is 0. The number of benzene rings is 2. The first-order valence-corrected chi connectivity index (χ1v) is 5.39. The molecule has 106 valence electrons. The molecular weight excluding hydrogens is 293 g/mol. The molecule has 0 spiro atoms. The fourth-order valence-corrected chi connectivity index (χ4v) is 1.66. The van der Waals surface area contributed by atoms with E-state index >= 15 is 0 Å². The largest absolute Gasteiger partial charge is 0.478 e. The van der Waals surface area contributed by atoms with Gasteiger partial charge in [-0.3, -0.25) is 0 Å². The van der Waals surface area contributed by atoms with E-state index in [2.05, 4.69) is 0 Å². The van der Waals surface area contributed by atoms with Gasteiger partial charge in [-0.15, -0.1) is 12.4 Å². The highest BCUT2D eigenvalue weighted by atomic mass is 35.5. The maximum atomic E-state index is 12.4. The fraction of sp³-hybridized carbons (Fsp3) is 0.0714. The van der Waals surface area contributed by atoms with Gasteiger partial charge in [-0.2, -0.15) is 13.2 Å². The zero-order valence-electron chi connectivity index (χ0n) is 10.0. The van der Waals surface area contributed by atoms with Crippen LogP contribution >= 0.6 is 12.4 Å². The van der Waals surface area contributed by atoms with Gasteiger partial charge in [0.15, 0.2) is 0 Å². The second-order valence-corrected chi connectivity index (χ2v) is 3.96. The van der Waals surface area contributed by atoms with Crippen molar-refractivity contribution in [2.45, 2.75) is 6.18 Å². The number of aromatic carboxylic acids is 1. The van der Waals surface area contributed by atoms with Crippen LogP contribution in [0.1, 0.15) is 15.9 Å². The second kappa shape index (κ2) is 5.96. The fourth-order valence-electron chi connectivity index (χ4n) is 1.66. The summed E-state index contributed by atoms with van der Waals surface area (Å²) in [5.41, 5.74) is 0.692. The predicted octanol–water partition coefficient (Wildman–Crippen LogP) is 4.49. The van der Waals surface area contributed by atoms with Crippen molar-refractivity contribution in [2.24, 2.45) is 0 Å². The summed E-state index contributed by atoms with van der Waals surface area (Å²) in [5, 5.41) is 8.75. The molecule has 0 atom stereocenters. The van der Waals surface area contributed by atoms with E-state index in [0.29, 0.717) is 11.1 Å². The average molecular weight is 303 g/mol. The summed E-state index contributed by atoms with van der Waals surface area (Å²) in [7, 11) is 0. The van der Waals surface area contributed by atoms with Crippen LogP contribution in [0.4, 0.5) is 13.2 Å². The number of carboxylic acid groups (broad SMARTS) is 1. The molecule has 6 heteroatoms. The minimum Gasteiger partial charge on any atom is -0.478 e. The highest BCUT2D eigenvalue weighted by Gasteiger charge is 2.29. The van der Waals surface area contributed by atoms with E-state index in [1.165, 1.54) is 24.3 Å². The maximum Gasteiger partial charge on any atom is 0.416 e. The van der Waals surface area contributed by atoms with Crippen molar-refractivity contribution in [2.75, 3.05) is 0 Å². The molecule has 0 amide bonds. The van der Waals surface area contributed by atoms with Gasteiger partial charge in [0.25, 0.3) is 0 Å². The van der Waals surface area contributed by atoms with Gasteiger partial charge in [-0.1, -0.05) is 24.3 Å². The molecule has 0 bridgehead atoms. The third-order valence-electron chi connectivity index (χ3n) is 2.68. The number of alkyl halides is 3. The van der Waals surface area contributed by atoms with Crippen molar-refractivity contribution in [1.82, 2.24) is 0 Å². The first-order chi connectivity index (χ1) is 8.88. The van der Waals surface area contributed by atoms with Crippen LogP contribution in [0.15, 0.2) is 48.5 Å². The highest BCUT2D eigenvalue weighted by molar-refractivity contribution is 5.88. The third-order valence-corrected chi connectivity index (χ3v) is 2.68. The van der Waals surface area contributed by atoms with Gasteiger partial charge in [0.1, 0.15) is 0 Å². The summed E-state index contributed by atoms with van der Waals surface area (Å²) in [6.07, 6.45) is -4.36. The Kier molecular flexibility index (Phi) is 4.78. The number of carbonyl (C=O) groups is 1. The van der Waals surface area contributed by atoms with Gasteiger partial charge >= 0.3 is 12.1 Å². The first kappa shape index (κ1) is 16.0. The van der Waals surface area contributed by atoms with Crippen LogP contribution in [0.2, 0.25) is 0 Å². The molecular formula is C14H10ClF3O2. The minimum atomic E-state index is -4.36. The Morgan fingerprint density at radius 3 is 1.60 bits per heavy atom. The molecule has 0 fully saturated rings. The standard InChI is InChI=1S/C14H9F3O2.ClH/c15-14(16,17)12-7-5-10(6-8-12)9-1-3-11(4-2-9)13(18)19;/h1-8H,(H,18,19);1H. The molecule has 2 aromatic carbocycles. The van der Waals surface area contributed by atoms with Crippen molar-refractivity contribution in [3.8, 4) is 11.1 Å². The maximum absolute atomic E-state index is 12.4. The molecule has 1 N–H and O–H groups in total. The summed E-state index contributed by atoms with van der Waals surface area (Å²) in [5.74, 6) is -1.04. The number of halogens is 4. The summed E-state index contributed by atoms with van der Waals surface area (Å²) in [4.78, 5) is 10.7. The zero-order chi connectivity index (χ0) is 14.0. The van der Waals surface area contributed by atoms with E-state index in [-0.39, 0.29) is 18.0 Å². The Balaban J connectivity index is 0.00000200. The number of hydrogen-bond donors (Lipinski definition) is 1. The topological polar surface area (TPSA) is 37.3 Å². The molecule has 0 radical (unpaired) electrons. The Morgan fingerprint density at radius 1 is 0.850 bits per heavy atom. The Morgan fingerprint density at radius 2 is 1.25 bits per heavy atom. The SMILES string of the molecule is Cl.O=C(O)c1ccc(-c2ccc(C(F)(F)F)cc2)cc1. The summed E-state index contributed by atoms with van der Waals surface area (Å²) in [6, 6.07) is 10.7. The van der Waals surface area contributed by atoms with E-state index in [9.17, 15) is 18.0 Å². The van der Waals surface area contributed by atoms with Gasteiger partial charge in [-0.05, 0) is 35.4 Å². The van der Waals surface area contributed by atoms with Crippen molar-refractivity contribution in [3.63, 3.8) is 0 Å². The predicted molar refractivity (Wildman–Crippen MR) is 71.1 cm³/mol. The molecule has 0 aliphatic carbocycles. The zero-order valence-corrected chi connectivity index (χ0v) is 10.8. The lowest BCUT2D eigenvalue weighted by atomic mass is 10.0. The van der Waals surface area contributed by atoms with Crippen molar-refractivity contribution in [1.29, 1.82) is 0 Å². The van der Waals surface area contributed by atoms with Crippen molar-refractivity contribution in [3.05, 3.63) is 59.7 Å². The quantitative estimate of drug-likeness (QED) is 0.887. The van der Waals surface area contributed by atoms with Gasteiger partial charge in [0.2, 0.25) is 0 Å². The lowest BCUT2D eigenvalue weighted by Crippen LogP contribution is -2.04. The smallest absolute Gasteiger partial charge is 0.416 e. The number of carboxylic acids is 1. The van der Waals surface area contributed by atoms with E-state index in [1.807, 2.05) is 0 Å². The van der Waals surface area contributed by atoms with E-state index in [4.69, 9.17) is 5.11 Å². The van der Waals surface area contributed by atoms with Gasteiger partial charge in [0.05, 0.1) is 11.1 Å². The molecule has 2 aromatic rings. The monoisotopic (exact) mass is 302 g/mol. The number of rotatable bonds is 2. The minimum absolute atomic E-state index is 0. The lowest BCUT2D eigenvalue weighted by Gasteiger charge is -2.08. The van der Waals surface area contributed by atoms with E-state index in [1.54, 1.807) is 12.1 Å². The summed E-state index contributed by atoms with van der Waals surface area (Å²) < 4.78 is 37.2. The molecule has 2 nitrogen and oxygen atoms in total. The van der Waals surface area contributed by atoms with Crippen LogP contribution in [0.3, 0.4) is 0 Å². The molecule has 0 aromatic heterocycles. The van der Waals surface area contributed by atoms with Gasteiger partial charge < -0.3 is 5.11 Å². The van der Waals surface area contributed by atoms with Crippen LogP contribution in [-0.4, -0.2) is 11.1 Å². The van der Waals surface area contributed by atoms with Crippen LogP contribution in [-0.2, 0) is 6.18 Å². The molecule has 0 saturated heterocycles. The Labute approximate surface area is 119 Å². The molecule has 0 heterocycles. The van der Waals surface area contributed by atoms with Gasteiger partial charge in [-0.25, -0.2) is 4.79 Å². The molecule has 0 saturated carbocycles. The average Bonchev–Trinajstić information content (AvgIpc) is 2.38. The molecule has 0 aliphatic heterocycles. The number of hydrogen-bond acceptors (Lipinski definition) is 1. The van der Waals surface area contributed by atoms with Crippen LogP contribution in [0.25, 0.3) is 11.1 Å². The first-order valence-electron chi connectivity index (χ1n) is 5.39. The van der Waals surface area contributed by atoms with E-state index < -0.39 is 17.7 Å². The second-order valence-electron chi connectivity index (χ2n) is 3.96. The van der Waals surface area contributed by atoms with Crippen molar-refractivity contribution >= 4 is 18.4 Å². The van der Waals surface area contributed by atoms with Crippen LogP contribution < -0.4 is 0 Å². The third kappa shape index (κ3) is 3.51. The molecule has 0 aliphatic rings. The van der Waals surface area contributed by atoms with Gasteiger partial charge in [0, 0.05) is 0 Å². The molecule has 20 heavy (non-hydrogen) atoms. The lowest BCUT2D eigenvalue weighted by molar-refractivity contribution is -0.137. The van der Waals surface area contributed by atoms with Crippen LogP contribution in [0, 0.1) is 0 Å². The van der Waals surface area contributed by atoms with E-state index in [0.717, 1.165) is 12.1 Å². The Bertz CT molecular complexity index is 589. The summed E-state index contributed by atoms with van der Waals surface area (Å²) in [6.45, 7) is 0. The molecule has 2 rings (SSSR count). The Hall–Kier alpha value is -2.01. The van der Waals surface area contributed by atoms with Crippen molar-refractivity contribution < 1.29 is 23.1 Å². The normalized spacial score (nSPS) is 10.8. The molecule has 0 unspecified atom stereocenters. The highest BCUT2D eigenvalue weighted by Crippen LogP contribution is 2.30.